The number of rotatable bonds is 4. The SMILES string of the molecule is COc1ccc(C=C(C#N)c2cccc(Cl)c2)c(OC)c1. The van der Waals surface area contributed by atoms with Gasteiger partial charge in [0.15, 0.2) is 0 Å². The minimum absolute atomic E-state index is 0.515. The van der Waals surface area contributed by atoms with Gasteiger partial charge in [-0.1, -0.05) is 23.7 Å². The fraction of sp³-hybridized carbons (Fsp3) is 0.118. The maximum Gasteiger partial charge on any atom is 0.129 e. The monoisotopic (exact) mass is 299 g/mol. The van der Waals surface area contributed by atoms with E-state index >= 15 is 0 Å². The average molecular weight is 300 g/mol. The van der Waals surface area contributed by atoms with Crippen molar-refractivity contribution in [3.8, 4) is 17.6 Å². The Morgan fingerprint density at radius 3 is 2.57 bits per heavy atom. The molecule has 0 radical (unpaired) electrons. The van der Waals surface area contributed by atoms with Gasteiger partial charge in [-0.15, -0.1) is 0 Å². The summed E-state index contributed by atoms with van der Waals surface area (Å²) in [6, 6.07) is 14.8. The minimum atomic E-state index is 0.515. The first-order valence-electron chi connectivity index (χ1n) is 6.27. The first kappa shape index (κ1) is 15.0. The number of ether oxygens (including phenoxy) is 2. The Hall–Kier alpha value is -2.44. The summed E-state index contributed by atoms with van der Waals surface area (Å²) in [4.78, 5) is 0. The molecule has 0 aromatic heterocycles. The molecule has 3 nitrogen and oxygen atoms in total. The van der Waals surface area contributed by atoms with Crippen LogP contribution in [0.5, 0.6) is 11.5 Å². The van der Waals surface area contributed by atoms with Gasteiger partial charge in [-0.05, 0) is 35.9 Å². The summed E-state index contributed by atoms with van der Waals surface area (Å²) in [6.07, 6.45) is 1.77. The number of nitrogens with zero attached hydrogens (tertiary/aromatic N) is 1. The predicted octanol–water partition coefficient (Wildman–Crippen LogP) is 4.42. The summed E-state index contributed by atoms with van der Waals surface area (Å²) in [5.74, 6) is 1.34. The molecule has 0 unspecified atom stereocenters. The van der Waals surface area contributed by atoms with E-state index in [0.29, 0.717) is 22.1 Å². The van der Waals surface area contributed by atoms with Gasteiger partial charge in [0.25, 0.3) is 0 Å². The van der Waals surface area contributed by atoms with Crippen LogP contribution in [0.15, 0.2) is 42.5 Å². The van der Waals surface area contributed by atoms with E-state index in [2.05, 4.69) is 6.07 Å². The van der Waals surface area contributed by atoms with E-state index in [0.717, 1.165) is 11.1 Å². The van der Waals surface area contributed by atoms with Crippen LogP contribution in [0.2, 0.25) is 5.02 Å². The van der Waals surface area contributed by atoms with Crippen molar-refractivity contribution in [3.05, 3.63) is 58.6 Å². The average Bonchev–Trinajstić information content (AvgIpc) is 2.52. The lowest BCUT2D eigenvalue weighted by atomic mass is 10.0. The molecular weight excluding hydrogens is 286 g/mol. The van der Waals surface area contributed by atoms with Crippen LogP contribution >= 0.6 is 11.6 Å². The molecule has 0 bridgehead atoms. The summed E-state index contributed by atoms with van der Waals surface area (Å²) >= 11 is 5.97. The topological polar surface area (TPSA) is 42.2 Å². The van der Waals surface area contributed by atoms with E-state index < -0.39 is 0 Å². The van der Waals surface area contributed by atoms with Crippen LogP contribution in [0.1, 0.15) is 11.1 Å². The van der Waals surface area contributed by atoms with Gasteiger partial charge in [0, 0.05) is 16.7 Å². The zero-order chi connectivity index (χ0) is 15.2. The van der Waals surface area contributed by atoms with E-state index in [1.54, 1.807) is 38.5 Å². The molecule has 2 rings (SSSR count). The van der Waals surface area contributed by atoms with Gasteiger partial charge >= 0.3 is 0 Å². The van der Waals surface area contributed by atoms with Gasteiger partial charge in [0.05, 0.1) is 25.9 Å². The van der Waals surface area contributed by atoms with Crippen molar-refractivity contribution in [1.82, 2.24) is 0 Å². The molecule has 0 saturated heterocycles. The third-order valence-electron chi connectivity index (χ3n) is 3.00. The molecule has 0 aliphatic rings. The summed E-state index contributed by atoms with van der Waals surface area (Å²) in [5.41, 5.74) is 2.08. The molecule has 2 aromatic carbocycles. The molecule has 0 atom stereocenters. The number of methoxy groups -OCH3 is 2. The summed E-state index contributed by atoms with van der Waals surface area (Å²) in [5, 5.41) is 9.96. The number of hydrogen-bond donors (Lipinski definition) is 0. The Balaban J connectivity index is 2.48. The zero-order valence-corrected chi connectivity index (χ0v) is 12.5. The van der Waals surface area contributed by atoms with Crippen molar-refractivity contribution in [1.29, 1.82) is 5.26 Å². The van der Waals surface area contributed by atoms with Crippen molar-refractivity contribution < 1.29 is 9.47 Å². The maximum absolute atomic E-state index is 9.37. The molecule has 0 aliphatic carbocycles. The fourth-order valence-electron chi connectivity index (χ4n) is 1.93. The van der Waals surface area contributed by atoms with Gasteiger partial charge in [-0.3, -0.25) is 0 Å². The highest BCUT2D eigenvalue weighted by Gasteiger charge is 2.06. The van der Waals surface area contributed by atoms with E-state index in [9.17, 15) is 5.26 Å². The van der Waals surface area contributed by atoms with Gasteiger partial charge in [0.2, 0.25) is 0 Å². The van der Waals surface area contributed by atoms with Crippen molar-refractivity contribution >= 4 is 23.3 Å². The molecule has 0 saturated carbocycles. The Bertz CT molecular complexity index is 717. The number of nitriles is 1. The second-order valence-electron chi connectivity index (χ2n) is 4.29. The van der Waals surface area contributed by atoms with E-state index in [4.69, 9.17) is 21.1 Å². The third-order valence-corrected chi connectivity index (χ3v) is 3.23. The highest BCUT2D eigenvalue weighted by Crippen LogP contribution is 2.29. The lowest BCUT2D eigenvalue weighted by Crippen LogP contribution is -1.90. The first-order valence-corrected chi connectivity index (χ1v) is 6.65. The predicted molar refractivity (Wildman–Crippen MR) is 84.5 cm³/mol. The highest BCUT2D eigenvalue weighted by atomic mass is 35.5. The minimum Gasteiger partial charge on any atom is -0.497 e. The molecule has 2 aromatic rings. The Morgan fingerprint density at radius 1 is 1.14 bits per heavy atom. The van der Waals surface area contributed by atoms with Crippen molar-refractivity contribution in [3.63, 3.8) is 0 Å². The smallest absolute Gasteiger partial charge is 0.129 e. The molecule has 21 heavy (non-hydrogen) atoms. The molecule has 0 aliphatic heterocycles. The molecular formula is C17H14ClNO2. The lowest BCUT2D eigenvalue weighted by Gasteiger charge is -2.08. The van der Waals surface area contributed by atoms with Crippen LogP contribution in [0.25, 0.3) is 11.6 Å². The van der Waals surface area contributed by atoms with Crippen LogP contribution in [0.4, 0.5) is 0 Å². The maximum atomic E-state index is 9.37. The summed E-state index contributed by atoms with van der Waals surface area (Å²) in [6.45, 7) is 0. The molecule has 0 spiro atoms. The molecule has 0 amide bonds. The summed E-state index contributed by atoms with van der Waals surface area (Å²) < 4.78 is 10.5. The Labute approximate surface area is 129 Å². The van der Waals surface area contributed by atoms with Gasteiger partial charge < -0.3 is 9.47 Å². The van der Waals surface area contributed by atoms with Crippen molar-refractivity contribution in [2.75, 3.05) is 14.2 Å². The number of hydrogen-bond acceptors (Lipinski definition) is 3. The lowest BCUT2D eigenvalue weighted by molar-refractivity contribution is 0.394. The summed E-state index contributed by atoms with van der Waals surface area (Å²) in [7, 11) is 3.18. The fourth-order valence-corrected chi connectivity index (χ4v) is 2.12. The molecule has 0 heterocycles. The molecule has 0 N–H and O–H groups in total. The van der Waals surface area contributed by atoms with Gasteiger partial charge in [0.1, 0.15) is 11.5 Å². The Morgan fingerprint density at radius 2 is 1.95 bits per heavy atom. The van der Waals surface area contributed by atoms with Gasteiger partial charge in [-0.25, -0.2) is 0 Å². The normalized spacial score (nSPS) is 10.9. The molecule has 4 heteroatoms. The van der Waals surface area contributed by atoms with Crippen LogP contribution in [0.3, 0.4) is 0 Å². The van der Waals surface area contributed by atoms with Crippen LogP contribution < -0.4 is 9.47 Å². The van der Waals surface area contributed by atoms with Crippen LogP contribution in [-0.4, -0.2) is 14.2 Å². The molecule has 106 valence electrons. The number of allylic oxidation sites excluding steroid dienone is 1. The number of halogens is 1. The standard InChI is InChI=1S/C17H14ClNO2/c1-20-16-7-6-13(17(10-16)21-2)8-14(11-19)12-4-3-5-15(18)9-12/h3-10H,1-2H3. The van der Waals surface area contributed by atoms with E-state index in [1.165, 1.54) is 0 Å². The first-order chi connectivity index (χ1) is 10.2. The zero-order valence-electron chi connectivity index (χ0n) is 11.8. The second kappa shape index (κ2) is 6.83. The molecule has 0 fully saturated rings. The van der Waals surface area contributed by atoms with Crippen LogP contribution in [-0.2, 0) is 0 Å². The third kappa shape index (κ3) is 3.56. The van der Waals surface area contributed by atoms with Crippen molar-refractivity contribution in [2.45, 2.75) is 0 Å². The number of benzene rings is 2. The Kier molecular flexibility index (Phi) is 4.86. The van der Waals surface area contributed by atoms with E-state index in [-0.39, 0.29) is 0 Å². The highest BCUT2D eigenvalue weighted by molar-refractivity contribution is 6.30. The van der Waals surface area contributed by atoms with E-state index in [1.807, 2.05) is 24.3 Å². The second-order valence-corrected chi connectivity index (χ2v) is 4.72. The van der Waals surface area contributed by atoms with Crippen LogP contribution in [0, 0.1) is 11.3 Å². The quantitative estimate of drug-likeness (QED) is 0.620. The van der Waals surface area contributed by atoms with Crippen molar-refractivity contribution in [2.24, 2.45) is 0 Å². The van der Waals surface area contributed by atoms with Gasteiger partial charge in [-0.2, -0.15) is 5.26 Å². The largest absolute Gasteiger partial charge is 0.497 e.